The molecule has 2 unspecified atom stereocenters. The second-order valence-corrected chi connectivity index (χ2v) is 11.1. The molecule has 0 spiro atoms. The molecule has 1 aromatic carbocycles. The number of hydrogen-bond acceptors (Lipinski definition) is 9. The van der Waals surface area contributed by atoms with Crippen LogP contribution in [-0.4, -0.2) is 65.3 Å². The van der Waals surface area contributed by atoms with Gasteiger partial charge in [-0.05, 0) is 32.4 Å². The van der Waals surface area contributed by atoms with Crippen LogP contribution in [0.15, 0.2) is 30.6 Å². The maximum absolute atomic E-state index is 13.5. The minimum absolute atomic E-state index is 0.0166. The highest BCUT2D eigenvalue weighted by atomic mass is 35.5. The smallest absolute Gasteiger partial charge is 0.243 e. The molecule has 11 nitrogen and oxygen atoms in total. The number of halogens is 1. The van der Waals surface area contributed by atoms with Crippen molar-refractivity contribution < 1.29 is 22.6 Å². The predicted octanol–water partition coefficient (Wildman–Crippen LogP) is 3.55. The SMILES string of the molecule is COc1cccc(OC)c1-n1c(NS(=O)(=O)C(C)C(C)c2ncc(Cl)cn2)nnc1[C@@H]1CCO[C@@H]1C. The van der Waals surface area contributed by atoms with Crippen molar-refractivity contribution in [2.45, 2.75) is 50.4 Å². The Bertz CT molecular complexity index is 1290. The number of ether oxygens (including phenoxy) is 3. The van der Waals surface area contributed by atoms with E-state index in [0.29, 0.717) is 46.9 Å². The fourth-order valence-corrected chi connectivity index (χ4v) is 5.53. The monoisotopic (exact) mass is 536 g/mol. The van der Waals surface area contributed by atoms with Crippen molar-refractivity contribution in [3.05, 3.63) is 47.3 Å². The van der Waals surface area contributed by atoms with Gasteiger partial charge in [0.25, 0.3) is 0 Å². The van der Waals surface area contributed by atoms with Gasteiger partial charge in [0.1, 0.15) is 28.8 Å². The van der Waals surface area contributed by atoms with Crippen LogP contribution in [-0.2, 0) is 14.8 Å². The summed E-state index contributed by atoms with van der Waals surface area (Å²) in [5.41, 5.74) is 0.487. The summed E-state index contributed by atoms with van der Waals surface area (Å²) in [6.07, 6.45) is 3.47. The van der Waals surface area contributed by atoms with Crippen LogP contribution < -0.4 is 14.2 Å². The van der Waals surface area contributed by atoms with E-state index in [1.807, 2.05) is 6.92 Å². The first-order valence-corrected chi connectivity index (χ1v) is 13.4. The molecule has 1 aliphatic heterocycles. The first-order chi connectivity index (χ1) is 17.2. The topological polar surface area (TPSA) is 130 Å². The number of methoxy groups -OCH3 is 2. The van der Waals surface area contributed by atoms with Gasteiger partial charge in [0.05, 0.1) is 30.6 Å². The Morgan fingerprint density at radius 3 is 2.33 bits per heavy atom. The quantitative estimate of drug-likeness (QED) is 0.436. The van der Waals surface area contributed by atoms with Crippen molar-refractivity contribution >= 4 is 27.6 Å². The van der Waals surface area contributed by atoms with Crippen LogP contribution >= 0.6 is 11.6 Å². The Labute approximate surface area is 215 Å². The summed E-state index contributed by atoms with van der Waals surface area (Å²) in [5.74, 6) is 1.23. The summed E-state index contributed by atoms with van der Waals surface area (Å²) in [5, 5.41) is 8.10. The standard InChI is InChI=1S/C23H29ClN6O5S/c1-13(21-25-11-16(24)12-26-21)15(3)36(31,32)29-23-28-27-22(17-9-10-35-14(17)2)30(23)20-18(33-4)7-6-8-19(20)34-5/h6-8,11-15,17H,9-10H2,1-5H3,(H,28,29)/t13?,14-,15?,17-/m1/s1. The van der Waals surface area contributed by atoms with E-state index >= 15 is 0 Å². The summed E-state index contributed by atoms with van der Waals surface area (Å²) >= 11 is 5.88. The lowest BCUT2D eigenvalue weighted by atomic mass is 10.0. The van der Waals surface area contributed by atoms with Gasteiger partial charge in [-0.3, -0.25) is 9.29 Å². The van der Waals surface area contributed by atoms with Gasteiger partial charge in [-0.2, -0.15) is 0 Å². The van der Waals surface area contributed by atoms with Gasteiger partial charge in [0.15, 0.2) is 0 Å². The third-order valence-electron chi connectivity index (χ3n) is 6.50. The summed E-state index contributed by atoms with van der Waals surface area (Å²) in [7, 11) is -0.901. The molecule has 1 aliphatic rings. The van der Waals surface area contributed by atoms with E-state index < -0.39 is 21.2 Å². The molecule has 2 aromatic heterocycles. The molecule has 0 aliphatic carbocycles. The predicted molar refractivity (Wildman–Crippen MR) is 135 cm³/mol. The van der Waals surface area contributed by atoms with Gasteiger partial charge in [0, 0.05) is 30.8 Å². The molecule has 3 heterocycles. The Hall–Kier alpha value is -2.96. The molecule has 4 atom stereocenters. The lowest BCUT2D eigenvalue weighted by Gasteiger charge is -2.22. The molecule has 0 radical (unpaired) electrons. The van der Waals surface area contributed by atoms with Crippen molar-refractivity contribution in [3.8, 4) is 17.2 Å². The fraction of sp³-hybridized carbons (Fsp3) is 0.478. The lowest BCUT2D eigenvalue weighted by Crippen LogP contribution is -2.31. The van der Waals surface area contributed by atoms with Gasteiger partial charge in [0.2, 0.25) is 16.0 Å². The van der Waals surface area contributed by atoms with E-state index in [4.69, 9.17) is 25.8 Å². The number of sulfonamides is 1. The Balaban J connectivity index is 1.78. The zero-order chi connectivity index (χ0) is 26.0. The zero-order valence-corrected chi connectivity index (χ0v) is 22.2. The van der Waals surface area contributed by atoms with E-state index in [1.54, 1.807) is 36.6 Å². The summed E-state index contributed by atoms with van der Waals surface area (Å²) in [4.78, 5) is 8.36. The molecule has 0 amide bonds. The fourth-order valence-electron chi connectivity index (χ4n) is 4.20. The number of rotatable bonds is 9. The minimum Gasteiger partial charge on any atom is -0.494 e. The van der Waals surface area contributed by atoms with E-state index in [1.165, 1.54) is 26.6 Å². The molecule has 3 aromatic rings. The maximum atomic E-state index is 13.5. The lowest BCUT2D eigenvalue weighted by molar-refractivity contribution is 0.117. The average Bonchev–Trinajstić information content (AvgIpc) is 3.47. The molecule has 0 saturated carbocycles. The molecular formula is C23H29ClN6O5S. The Morgan fingerprint density at radius 2 is 1.78 bits per heavy atom. The van der Waals surface area contributed by atoms with Crippen LogP contribution in [0, 0.1) is 0 Å². The van der Waals surface area contributed by atoms with Crippen LogP contribution in [0.25, 0.3) is 5.69 Å². The number of anilines is 1. The van der Waals surface area contributed by atoms with Gasteiger partial charge in [-0.15, -0.1) is 10.2 Å². The van der Waals surface area contributed by atoms with Crippen molar-refractivity contribution in [3.63, 3.8) is 0 Å². The van der Waals surface area contributed by atoms with Crippen LogP contribution in [0.4, 0.5) is 5.95 Å². The number of nitrogens with one attached hydrogen (secondary N) is 1. The average molecular weight is 537 g/mol. The molecule has 13 heteroatoms. The molecule has 0 bridgehead atoms. The van der Waals surface area contributed by atoms with Gasteiger partial charge in [-0.25, -0.2) is 18.4 Å². The second kappa shape index (κ2) is 10.6. The second-order valence-electron chi connectivity index (χ2n) is 8.60. The van der Waals surface area contributed by atoms with Crippen LogP contribution in [0.1, 0.15) is 50.7 Å². The number of nitrogens with zero attached hydrogens (tertiary/aromatic N) is 5. The van der Waals surface area contributed by atoms with E-state index in [2.05, 4.69) is 24.9 Å². The van der Waals surface area contributed by atoms with E-state index in [9.17, 15) is 8.42 Å². The van der Waals surface area contributed by atoms with Gasteiger partial charge in [-0.1, -0.05) is 24.6 Å². The van der Waals surface area contributed by atoms with Crippen LogP contribution in [0.5, 0.6) is 11.5 Å². The third kappa shape index (κ3) is 4.97. The van der Waals surface area contributed by atoms with Crippen LogP contribution in [0.2, 0.25) is 5.02 Å². The normalized spacial score (nSPS) is 19.6. The zero-order valence-electron chi connectivity index (χ0n) is 20.7. The van der Waals surface area contributed by atoms with E-state index in [-0.39, 0.29) is 18.0 Å². The van der Waals surface area contributed by atoms with Gasteiger partial charge >= 0.3 is 0 Å². The maximum Gasteiger partial charge on any atom is 0.243 e. The molecule has 1 fully saturated rings. The molecule has 1 N–H and O–H groups in total. The molecule has 4 rings (SSSR count). The molecule has 1 saturated heterocycles. The number of benzene rings is 1. The number of hydrogen-bond donors (Lipinski definition) is 1. The van der Waals surface area contributed by atoms with Crippen molar-refractivity contribution in [1.29, 1.82) is 0 Å². The summed E-state index contributed by atoms with van der Waals surface area (Å²) in [6, 6.07) is 5.31. The highest BCUT2D eigenvalue weighted by molar-refractivity contribution is 7.93. The Morgan fingerprint density at radius 1 is 1.14 bits per heavy atom. The highest BCUT2D eigenvalue weighted by Crippen LogP contribution is 2.40. The summed E-state index contributed by atoms with van der Waals surface area (Å²) < 4.78 is 48.3. The highest BCUT2D eigenvalue weighted by Gasteiger charge is 2.36. The Kier molecular flexibility index (Phi) is 7.67. The molecule has 36 heavy (non-hydrogen) atoms. The first-order valence-electron chi connectivity index (χ1n) is 11.4. The van der Waals surface area contributed by atoms with Crippen molar-refractivity contribution in [2.24, 2.45) is 0 Å². The minimum atomic E-state index is -3.96. The largest absolute Gasteiger partial charge is 0.494 e. The number of aromatic nitrogens is 5. The van der Waals surface area contributed by atoms with Gasteiger partial charge < -0.3 is 14.2 Å². The van der Waals surface area contributed by atoms with Crippen molar-refractivity contribution in [1.82, 2.24) is 24.7 Å². The number of para-hydroxylation sites is 1. The van der Waals surface area contributed by atoms with E-state index in [0.717, 1.165) is 0 Å². The summed E-state index contributed by atoms with van der Waals surface area (Å²) in [6.45, 7) is 5.85. The first kappa shape index (κ1) is 26.1. The van der Waals surface area contributed by atoms with Crippen LogP contribution in [0.3, 0.4) is 0 Å². The molecular weight excluding hydrogens is 508 g/mol. The third-order valence-corrected chi connectivity index (χ3v) is 8.55. The molecule has 194 valence electrons. The van der Waals surface area contributed by atoms with Crippen molar-refractivity contribution in [2.75, 3.05) is 25.5 Å².